The molecule has 84 valence electrons. The smallest absolute Gasteiger partial charge is 0.169 e. The molecule has 15 heavy (non-hydrogen) atoms. The molecular formula is C11H16BrNO2. The summed E-state index contributed by atoms with van der Waals surface area (Å²) in [5, 5.41) is 3.35. The minimum absolute atomic E-state index is 0.386. The van der Waals surface area contributed by atoms with Gasteiger partial charge in [-0.1, -0.05) is 0 Å². The van der Waals surface area contributed by atoms with Gasteiger partial charge in [-0.3, -0.25) is 0 Å². The second kappa shape index (κ2) is 5.68. The molecule has 0 spiro atoms. The summed E-state index contributed by atoms with van der Waals surface area (Å²) in [5.74, 6) is 0.956. The zero-order chi connectivity index (χ0) is 10.5. The maximum atomic E-state index is 5.62. The summed E-state index contributed by atoms with van der Waals surface area (Å²) in [5.41, 5.74) is 0. The largest absolute Gasteiger partial charge is 0.453 e. The Morgan fingerprint density at radius 1 is 1.40 bits per heavy atom. The highest BCUT2D eigenvalue weighted by atomic mass is 79.9. The van der Waals surface area contributed by atoms with Gasteiger partial charge in [-0.05, 0) is 47.3 Å². The van der Waals surface area contributed by atoms with Crippen LogP contribution in [0.4, 0.5) is 0 Å². The van der Waals surface area contributed by atoms with Crippen molar-refractivity contribution in [2.75, 3.05) is 13.2 Å². The Balaban J connectivity index is 1.65. The fraction of sp³-hybridized carbons (Fsp3) is 0.636. The number of halogens is 1. The first-order chi connectivity index (χ1) is 7.34. The molecule has 1 aliphatic heterocycles. The highest BCUT2D eigenvalue weighted by molar-refractivity contribution is 9.10. The molecule has 0 aromatic carbocycles. The highest BCUT2D eigenvalue weighted by Crippen LogP contribution is 2.14. The van der Waals surface area contributed by atoms with Crippen LogP contribution in [0.3, 0.4) is 0 Å². The maximum absolute atomic E-state index is 5.62. The van der Waals surface area contributed by atoms with Crippen LogP contribution in [0.15, 0.2) is 21.2 Å². The number of rotatable bonds is 4. The lowest BCUT2D eigenvalue weighted by Crippen LogP contribution is -2.31. The van der Waals surface area contributed by atoms with E-state index in [4.69, 9.17) is 9.15 Å². The van der Waals surface area contributed by atoms with Crippen LogP contribution < -0.4 is 5.32 Å². The van der Waals surface area contributed by atoms with Gasteiger partial charge in [-0.25, -0.2) is 0 Å². The molecule has 1 unspecified atom stereocenters. The second-order valence-electron chi connectivity index (χ2n) is 3.83. The monoisotopic (exact) mass is 273 g/mol. The normalized spacial score (nSPS) is 21.8. The van der Waals surface area contributed by atoms with Crippen molar-refractivity contribution >= 4 is 15.9 Å². The van der Waals surface area contributed by atoms with Crippen molar-refractivity contribution < 1.29 is 9.15 Å². The fourth-order valence-electron chi connectivity index (χ4n) is 1.77. The summed E-state index contributed by atoms with van der Waals surface area (Å²) in [6.45, 7) is 2.60. The molecule has 1 aliphatic rings. The van der Waals surface area contributed by atoms with Crippen LogP contribution in [-0.4, -0.2) is 19.3 Å². The van der Waals surface area contributed by atoms with Gasteiger partial charge in [0.2, 0.25) is 0 Å². The third-order valence-electron chi connectivity index (χ3n) is 2.57. The molecule has 4 heteroatoms. The van der Waals surface area contributed by atoms with Crippen LogP contribution in [0, 0.1) is 0 Å². The molecule has 0 saturated carbocycles. The first-order valence-corrected chi connectivity index (χ1v) is 6.20. The predicted octanol–water partition coefficient (Wildman–Crippen LogP) is 2.70. The van der Waals surface area contributed by atoms with E-state index in [9.17, 15) is 0 Å². The van der Waals surface area contributed by atoms with Gasteiger partial charge in [0.05, 0.1) is 12.6 Å². The third-order valence-corrected chi connectivity index (χ3v) is 3.00. The lowest BCUT2D eigenvalue weighted by molar-refractivity contribution is 0.0165. The molecule has 2 heterocycles. The quantitative estimate of drug-likeness (QED) is 0.916. The van der Waals surface area contributed by atoms with Gasteiger partial charge in [-0.2, -0.15) is 0 Å². The van der Waals surface area contributed by atoms with Crippen LogP contribution in [0.2, 0.25) is 0 Å². The predicted molar refractivity (Wildman–Crippen MR) is 61.7 cm³/mol. The lowest BCUT2D eigenvalue weighted by atomic mass is 10.1. The van der Waals surface area contributed by atoms with Crippen molar-refractivity contribution in [3.05, 3.63) is 22.6 Å². The Bertz CT molecular complexity index is 295. The van der Waals surface area contributed by atoms with Crippen LogP contribution in [0.5, 0.6) is 0 Å². The van der Waals surface area contributed by atoms with Gasteiger partial charge in [0.15, 0.2) is 4.67 Å². The number of nitrogens with one attached hydrogen (secondary N) is 1. The Morgan fingerprint density at radius 3 is 3.00 bits per heavy atom. The third kappa shape index (κ3) is 3.63. The first-order valence-electron chi connectivity index (χ1n) is 5.41. The Hall–Kier alpha value is -0.320. The van der Waals surface area contributed by atoms with Crippen LogP contribution in [0.25, 0.3) is 0 Å². The van der Waals surface area contributed by atoms with E-state index in [1.165, 1.54) is 19.3 Å². The lowest BCUT2D eigenvalue weighted by Gasteiger charge is -2.22. The summed E-state index contributed by atoms with van der Waals surface area (Å²) < 4.78 is 11.8. The Morgan fingerprint density at radius 2 is 2.33 bits per heavy atom. The van der Waals surface area contributed by atoms with Gasteiger partial charge < -0.3 is 14.5 Å². The van der Waals surface area contributed by atoms with Crippen molar-refractivity contribution in [2.24, 2.45) is 0 Å². The molecule has 1 fully saturated rings. The van der Waals surface area contributed by atoms with E-state index in [2.05, 4.69) is 21.2 Å². The Labute approximate surface area is 98.3 Å². The number of ether oxygens (including phenoxy) is 1. The maximum Gasteiger partial charge on any atom is 0.169 e. The van der Waals surface area contributed by atoms with E-state index < -0.39 is 0 Å². The SMILES string of the molecule is Brc1ccc(CNCC2CCCCO2)o1. The molecule has 0 radical (unpaired) electrons. The molecule has 0 aliphatic carbocycles. The van der Waals surface area contributed by atoms with E-state index in [-0.39, 0.29) is 0 Å². The van der Waals surface area contributed by atoms with Crippen molar-refractivity contribution in [3.63, 3.8) is 0 Å². The summed E-state index contributed by atoms with van der Waals surface area (Å²) >= 11 is 3.28. The molecular weight excluding hydrogens is 258 g/mol. The molecule has 1 atom stereocenters. The Kier molecular flexibility index (Phi) is 4.23. The highest BCUT2D eigenvalue weighted by Gasteiger charge is 2.13. The van der Waals surface area contributed by atoms with Crippen LogP contribution in [-0.2, 0) is 11.3 Å². The van der Waals surface area contributed by atoms with E-state index in [0.717, 1.165) is 30.1 Å². The van der Waals surface area contributed by atoms with Crippen molar-refractivity contribution in [3.8, 4) is 0 Å². The summed E-state index contributed by atoms with van der Waals surface area (Å²) in [6.07, 6.45) is 4.06. The second-order valence-corrected chi connectivity index (χ2v) is 4.61. The average Bonchev–Trinajstić information content (AvgIpc) is 2.66. The van der Waals surface area contributed by atoms with Crippen molar-refractivity contribution in [1.82, 2.24) is 5.32 Å². The minimum Gasteiger partial charge on any atom is -0.453 e. The molecule has 0 bridgehead atoms. The van der Waals surface area contributed by atoms with E-state index in [0.29, 0.717) is 6.10 Å². The minimum atomic E-state index is 0.386. The van der Waals surface area contributed by atoms with Crippen LogP contribution >= 0.6 is 15.9 Å². The van der Waals surface area contributed by atoms with Crippen molar-refractivity contribution in [1.29, 1.82) is 0 Å². The summed E-state index contributed by atoms with van der Waals surface area (Å²) in [7, 11) is 0. The van der Waals surface area contributed by atoms with Crippen LogP contribution in [0.1, 0.15) is 25.0 Å². The standard InChI is InChI=1S/C11H16BrNO2/c12-11-5-4-10(15-11)8-13-7-9-3-1-2-6-14-9/h4-5,9,13H,1-3,6-8H2. The zero-order valence-corrected chi connectivity index (χ0v) is 10.3. The van der Waals surface area contributed by atoms with Gasteiger partial charge in [0.1, 0.15) is 5.76 Å². The first kappa shape index (κ1) is 11.2. The molecule has 2 rings (SSSR count). The van der Waals surface area contributed by atoms with Gasteiger partial charge in [0.25, 0.3) is 0 Å². The fourth-order valence-corrected chi connectivity index (χ4v) is 2.11. The van der Waals surface area contributed by atoms with E-state index >= 15 is 0 Å². The van der Waals surface area contributed by atoms with Gasteiger partial charge >= 0.3 is 0 Å². The summed E-state index contributed by atoms with van der Waals surface area (Å²) in [4.78, 5) is 0. The molecule has 1 aromatic rings. The van der Waals surface area contributed by atoms with E-state index in [1.807, 2.05) is 12.1 Å². The van der Waals surface area contributed by atoms with Gasteiger partial charge in [-0.15, -0.1) is 0 Å². The summed E-state index contributed by atoms with van der Waals surface area (Å²) in [6, 6.07) is 3.88. The van der Waals surface area contributed by atoms with E-state index in [1.54, 1.807) is 0 Å². The molecule has 1 N–H and O–H groups in total. The number of furan rings is 1. The van der Waals surface area contributed by atoms with Crippen molar-refractivity contribution in [2.45, 2.75) is 31.9 Å². The molecule has 1 aromatic heterocycles. The molecule has 0 amide bonds. The molecule has 3 nitrogen and oxygen atoms in total. The number of hydrogen-bond acceptors (Lipinski definition) is 3. The topological polar surface area (TPSA) is 34.4 Å². The van der Waals surface area contributed by atoms with Gasteiger partial charge in [0, 0.05) is 13.2 Å². The number of hydrogen-bond donors (Lipinski definition) is 1. The average molecular weight is 274 g/mol. The zero-order valence-electron chi connectivity index (χ0n) is 8.67. The molecule has 1 saturated heterocycles.